The van der Waals surface area contributed by atoms with E-state index in [1.165, 1.54) is 4.88 Å². The van der Waals surface area contributed by atoms with E-state index in [0.29, 0.717) is 12.4 Å². The van der Waals surface area contributed by atoms with E-state index < -0.39 is 0 Å². The zero-order chi connectivity index (χ0) is 12.8. The molecule has 0 radical (unpaired) electrons. The number of hydrogen-bond acceptors (Lipinski definition) is 3. The molecule has 0 fully saturated rings. The summed E-state index contributed by atoms with van der Waals surface area (Å²) in [6.07, 6.45) is 0. The van der Waals surface area contributed by atoms with Crippen molar-refractivity contribution in [1.29, 1.82) is 0 Å². The Bertz CT molecular complexity index is 508. The van der Waals surface area contributed by atoms with Gasteiger partial charge in [0.2, 0.25) is 0 Å². The zero-order valence-electron chi connectivity index (χ0n) is 9.67. The third-order valence-electron chi connectivity index (χ3n) is 2.21. The Labute approximate surface area is 115 Å². The van der Waals surface area contributed by atoms with Crippen molar-refractivity contribution in [2.24, 2.45) is 10.7 Å². The Kier molecular flexibility index (Phi) is 4.61. The summed E-state index contributed by atoms with van der Waals surface area (Å²) in [6.45, 7) is 0.587. The SMILES string of the molecule is NC(CCl)=Nc1ccc(OCc2cccs2)cc1. The van der Waals surface area contributed by atoms with E-state index in [9.17, 15) is 0 Å². The summed E-state index contributed by atoms with van der Waals surface area (Å²) in [4.78, 5) is 5.34. The van der Waals surface area contributed by atoms with E-state index in [1.54, 1.807) is 11.3 Å². The summed E-state index contributed by atoms with van der Waals surface area (Å²) in [7, 11) is 0. The van der Waals surface area contributed by atoms with E-state index in [2.05, 4.69) is 4.99 Å². The van der Waals surface area contributed by atoms with E-state index in [-0.39, 0.29) is 5.88 Å². The first-order chi connectivity index (χ1) is 8.78. The van der Waals surface area contributed by atoms with Gasteiger partial charge in [0.1, 0.15) is 18.2 Å². The van der Waals surface area contributed by atoms with Crippen molar-refractivity contribution in [3.63, 3.8) is 0 Å². The molecule has 2 aromatic rings. The van der Waals surface area contributed by atoms with Crippen molar-refractivity contribution < 1.29 is 4.74 Å². The van der Waals surface area contributed by atoms with Gasteiger partial charge in [0.25, 0.3) is 0 Å². The minimum absolute atomic E-state index is 0.233. The topological polar surface area (TPSA) is 47.6 Å². The minimum Gasteiger partial charge on any atom is -0.488 e. The molecule has 0 aliphatic carbocycles. The normalized spacial score (nSPS) is 11.5. The number of benzene rings is 1. The van der Waals surface area contributed by atoms with Gasteiger partial charge in [0.15, 0.2) is 0 Å². The molecule has 0 aliphatic heterocycles. The van der Waals surface area contributed by atoms with E-state index >= 15 is 0 Å². The lowest BCUT2D eigenvalue weighted by molar-refractivity contribution is 0.310. The number of amidine groups is 1. The highest BCUT2D eigenvalue weighted by atomic mass is 35.5. The van der Waals surface area contributed by atoms with Gasteiger partial charge in [0.05, 0.1) is 11.6 Å². The third kappa shape index (κ3) is 3.75. The van der Waals surface area contributed by atoms with Crippen LogP contribution in [0.5, 0.6) is 5.75 Å². The van der Waals surface area contributed by atoms with Crippen molar-refractivity contribution in [1.82, 2.24) is 0 Å². The standard InChI is InChI=1S/C13H13ClN2OS/c14-8-13(15)16-10-3-5-11(6-4-10)17-9-12-2-1-7-18-12/h1-7H,8-9H2,(H2,15,16). The monoisotopic (exact) mass is 280 g/mol. The van der Waals surface area contributed by atoms with Crippen LogP contribution in [0.1, 0.15) is 4.88 Å². The van der Waals surface area contributed by atoms with Crippen LogP contribution in [-0.2, 0) is 6.61 Å². The first kappa shape index (κ1) is 12.9. The number of ether oxygens (including phenoxy) is 1. The number of rotatable bonds is 5. The molecule has 2 N–H and O–H groups in total. The molecule has 0 atom stereocenters. The predicted octanol–water partition coefficient (Wildman–Crippen LogP) is 3.55. The summed E-state index contributed by atoms with van der Waals surface area (Å²) >= 11 is 7.24. The summed E-state index contributed by atoms with van der Waals surface area (Å²) < 4.78 is 5.64. The third-order valence-corrected chi connectivity index (χ3v) is 3.33. The van der Waals surface area contributed by atoms with Crippen molar-refractivity contribution in [2.45, 2.75) is 6.61 Å². The number of nitrogens with zero attached hydrogens (tertiary/aromatic N) is 1. The highest BCUT2D eigenvalue weighted by Gasteiger charge is 1.97. The van der Waals surface area contributed by atoms with Crippen LogP contribution in [0.2, 0.25) is 0 Å². The Morgan fingerprint density at radius 1 is 1.28 bits per heavy atom. The molecule has 18 heavy (non-hydrogen) atoms. The molecule has 1 heterocycles. The zero-order valence-corrected chi connectivity index (χ0v) is 11.2. The van der Waals surface area contributed by atoms with Crippen LogP contribution >= 0.6 is 22.9 Å². The van der Waals surface area contributed by atoms with Gasteiger partial charge in [-0.3, -0.25) is 0 Å². The number of thiophene rings is 1. The number of nitrogens with two attached hydrogens (primary N) is 1. The van der Waals surface area contributed by atoms with Gasteiger partial charge < -0.3 is 10.5 Å². The fourth-order valence-electron chi connectivity index (χ4n) is 1.36. The second kappa shape index (κ2) is 6.42. The van der Waals surface area contributed by atoms with E-state index in [1.807, 2.05) is 41.8 Å². The molecule has 0 aliphatic rings. The van der Waals surface area contributed by atoms with Gasteiger partial charge in [-0.15, -0.1) is 22.9 Å². The fourth-order valence-corrected chi connectivity index (χ4v) is 2.04. The molecule has 0 saturated heterocycles. The molecular weight excluding hydrogens is 268 g/mol. The Morgan fingerprint density at radius 2 is 2.06 bits per heavy atom. The van der Waals surface area contributed by atoms with Crippen LogP contribution in [0.25, 0.3) is 0 Å². The molecule has 0 saturated carbocycles. The molecule has 2 rings (SSSR count). The lowest BCUT2D eigenvalue weighted by Gasteiger charge is -2.04. The molecule has 5 heteroatoms. The number of alkyl halides is 1. The maximum absolute atomic E-state index is 5.64. The van der Waals surface area contributed by atoms with Crippen molar-refractivity contribution in [3.8, 4) is 5.75 Å². The van der Waals surface area contributed by atoms with Crippen LogP contribution in [0.4, 0.5) is 5.69 Å². The number of aliphatic imine (C=N–C) groups is 1. The Balaban J connectivity index is 1.95. The van der Waals surface area contributed by atoms with Crippen LogP contribution in [0.15, 0.2) is 46.8 Å². The van der Waals surface area contributed by atoms with Gasteiger partial charge in [0, 0.05) is 4.88 Å². The Morgan fingerprint density at radius 3 is 2.67 bits per heavy atom. The predicted molar refractivity (Wildman–Crippen MR) is 77.1 cm³/mol. The summed E-state index contributed by atoms with van der Waals surface area (Å²) in [6, 6.07) is 11.5. The van der Waals surface area contributed by atoms with Gasteiger partial charge >= 0.3 is 0 Å². The van der Waals surface area contributed by atoms with Gasteiger partial charge in [-0.1, -0.05) is 6.07 Å². The van der Waals surface area contributed by atoms with Crippen LogP contribution in [0.3, 0.4) is 0 Å². The average molecular weight is 281 g/mol. The molecule has 0 bridgehead atoms. The highest BCUT2D eigenvalue weighted by molar-refractivity contribution is 7.09. The maximum Gasteiger partial charge on any atom is 0.122 e. The molecule has 3 nitrogen and oxygen atoms in total. The van der Waals surface area contributed by atoms with Crippen molar-refractivity contribution in [3.05, 3.63) is 46.7 Å². The quantitative estimate of drug-likeness (QED) is 0.517. The summed E-state index contributed by atoms with van der Waals surface area (Å²) in [5.41, 5.74) is 6.33. The van der Waals surface area contributed by atoms with Crippen molar-refractivity contribution in [2.75, 3.05) is 5.88 Å². The second-order valence-electron chi connectivity index (χ2n) is 3.60. The molecule has 1 aromatic carbocycles. The maximum atomic E-state index is 5.64. The van der Waals surface area contributed by atoms with Gasteiger partial charge in [-0.05, 0) is 35.7 Å². The smallest absolute Gasteiger partial charge is 0.122 e. The number of halogens is 1. The molecule has 1 aromatic heterocycles. The molecule has 94 valence electrons. The lowest BCUT2D eigenvalue weighted by Crippen LogP contribution is -2.12. The first-order valence-corrected chi connectivity index (χ1v) is 6.83. The van der Waals surface area contributed by atoms with Crippen LogP contribution < -0.4 is 10.5 Å². The van der Waals surface area contributed by atoms with E-state index in [0.717, 1.165) is 11.4 Å². The van der Waals surface area contributed by atoms with Gasteiger partial charge in [-0.2, -0.15) is 0 Å². The van der Waals surface area contributed by atoms with Crippen LogP contribution in [-0.4, -0.2) is 11.7 Å². The highest BCUT2D eigenvalue weighted by Crippen LogP contribution is 2.20. The molecular formula is C13H13ClN2OS. The summed E-state index contributed by atoms with van der Waals surface area (Å²) in [5, 5.41) is 2.03. The largest absolute Gasteiger partial charge is 0.488 e. The first-order valence-electron chi connectivity index (χ1n) is 5.42. The van der Waals surface area contributed by atoms with E-state index in [4.69, 9.17) is 22.1 Å². The summed E-state index contributed by atoms with van der Waals surface area (Å²) in [5.74, 6) is 1.45. The Hall–Kier alpha value is -1.52. The minimum atomic E-state index is 0.233. The lowest BCUT2D eigenvalue weighted by atomic mass is 10.3. The fraction of sp³-hybridized carbons (Fsp3) is 0.154. The number of hydrogen-bond donors (Lipinski definition) is 1. The van der Waals surface area contributed by atoms with Gasteiger partial charge in [-0.25, -0.2) is 4.99 Å². The van der Waals surface area contributed by atoms with Crippen LogP contribution in [0, 0.1) is 0 Å². The second-order valence-corrected chi connectivity index (χ2v) is 4.90. The molecule has 0 unspecified atom stereocenters. The molecule has 0 spiro atoms. The average Bonchev–Trinajstić information content (AvgIpc) is 2.91. The molecule has 0 amide bonds. The van der Waals surface area contributed by atoms with Crippen molar-refractivity contribution >= 4 is 34.5 Å².